The Hall–Kier alpha value is -4.21. The predicted molar refractivity (Wildman–Crippen MR) is 152 cm³/mol. The summed E-state index contributed by atoms with van der Waals surface area (Å²) in [5.41, 5.74) is -1.93. The zero-order valence-electron chi connectivity index (χ0n) is 25.1. The first-order valence-electron chi connectivity index (χ1n) is 13.9. The van der Waals surface area contributed by atoms with Crippen molar-refractivity contribution in [2.24, 2.45) is 11.8 Å². The number of hydrogen-bond donors (Lipinski definition) is 5. The van der Waals surface area contributed by atoms with Gasteiger partial charge in [-0.1, -0.05) is 6.07 Å². The van der Waals surface area contributed by atoms with Crippen molar-refractivity contribution >= 4 is 17.9 Å². The van der Waals surface area contributed by atoms with E-state index in [4.69, 9.17) is 39.4 Å². The minimum Gasteiger partial charge on any atom is -0.493 e. The summed E-state index contributed by atoms with van der Waals surface area (Å²) >= 11 is 0. The molecule has 1 aliphatic carbocycles. The van der Waals surface area contributed by atoms with Gasteiger partial charge in [0.2, 0.25) is 5.88 Å². The Kier molecular flexibility index (Phi) is 11.3. The predicted octanol–water partition coefficient (Wildman–Crippen LogP) is 1.38. The molecule has 1 aromatic carbocycles. The van der Waals surface area contributed by atoms with Gasteiger partial charge in [-0.3, -0.25) is 14.5 Å². The van der Waals surface area contributed by atoms with E-state index in [1.807, 2.05) is 19.1 Å². The molecule has 1 aliphatic heterocycles. The van der Waals surface area contributed by atoms with E-state index in [-0.39, 0.29) is 11.9 Å². The summed E-state index contributed by atoms with van der Waals surface area (Å²) in [7, 11) is 4.72. The van der Waals surface area contributed by atoms with Crippen LogP contribution in [-0.4, -0.2) is 105 Å². The zero-order valence-corrected chi connectivity index (χ0v) is 25.1. The lowest BCUT2D eigenvalue weighted by Crippen LogP contribution is -2.42. The number of likely N-dealkylation sites (tertiary alicyclic amines) is 1. The van der Waals surface area contributed by atoms with Gasteiger partial charge in [0.25, 0.3) is 0 Å². The average Bonchev–Trinajstić information content (AvgIpc) is 3.51. The zero-order chi connectivity index (χ0) is 32.7. The van der Waals surface area contributed by atoms with Gasteiger partial charge < -0.3 is 44.5 Å². The fourth-order valence-corrected chi connectivity index (χ4v) is 5.81. The molecule has 5 N–H and O–H groups in total. The van der Waals surface area contributed by atoms with E-state index in [1.165, 1.54) is 7.11 Å². The Morgan fingerprint density at radius 1 is 1.02 bits per heavy atom. The second kappa shape index (κ2) is 14.5. The number of nitrogens with zero attached hydrogens (tertiary/aromatic N) is 3. The van der Waals surface area contributed by atoms with Crippen LogP contribution in [0.5, 0.6) is 23.4 Å². The monoisotopic (exact) mass is 621 g/mol. The number of rotatable bonds is 13. The van der Waals surface area contributed by atoms with Gasteiger partial charge in [-0.2, -0.15) is 4.98 Å². The average molecular weight is 622 g/mol. The lowest BCUT2D eigenvalue weighted by Gasteiger charge is -2.31. The van der Waals surface area contributed by atoms with Crippen molar-refractivity contribution in [2.75, 3.05) is 41.0 Å². The van der Waals surface area contributed by atoms with Crippen LogP contribution >= 0.6 is 0 Å². The first kappa shape index (κ1) is 34.3. The summed E-state index contributed by atoms with van der Waals surface area (Å²) in [5, 5.41) is 45.5. The molecule has 0 unspecified atom stereocenters. The second-order valence-corrected chi connectivity index (χ2v) is 10.7. The quantitative estimate of drug-likeness (QED) is 0.213. The number of ether oxygens (including phenoxy) is 4. The molecule has 2 fully saturated rings. The van der Waals surface area contributed by atoms with Crippen LogP contribution < -0.4 is 18.9 Å². The summed E-state index contributed by atoms with van der Waals surface area (Å²) in [6.45, 7) is 5.09. The summed E-state index contributed by atoms with van der Waals surface area (Å²) in [6.07, 6.45) is 0.996. The number of fused-ring (bicyclic) bond motifs is 1. The summed E-state index contributed by atoms with van der Waals surface area (Å²) in [4.78, 5) is 41.4. The molecule has 3 atom stereocenters. The van der Waals surface area contributed by atoms with Crippen molar-refractivity contribution < 1.29 is 58.9 Å². The highest BCUT2D eigenvalue weighted by molar-refractivity contribution is 5.88. The van der Waals surface area contributed by atoms with Crippen molar-refractivity contribution in [2.45, 2.75) is 50.4 Å². The van der Waals surface area contributed by atoms with Gasteiger partial charge in [0.1, 0.15) is 5.60 Å². The fourth-order valence-electron chi connectivity index (χ4n) is 5.81. The van der Waals surface area contributed by atoms with E-state index in [1.54, 1.807) is 20.4 Å². The number of aliphatic carboxylic acids is 3. The molecule has 0 bridgehead atoms. The Labute approximate surface area is 254 Å². The van der Waals surface area contributed by atoms with Crippen LogP contribution in [0.4, 0.5) is 0 Å². The SMILES string of the molecule is CCOc1cc(CN2C[C@@H]3CC[C@@](O)(c4cnc(OC)nc4OC)[C@@H]3C2)ccc1OC.O=C(O)CC(O)(CC(=O)O)C(=O)O. The normalized spacial score (nSPS) is 21.0. The second-order valence-electron chi connectivity index (χ2n) is 10.7. The number of aromatic nitrogens is 2. The fraction of sp³-hybridized carbons (Fsp3) is 0.552. The van der Waals surface area contributed by atoms with Crippen molar-refractivity contribution in [1.29, 1.82) is 0 Å². The van der Waals surface area contributed by atoms with Gasteiger partial charge in [0.15, 0.2) is 17.1 Å². The Morgan fingerprint density at radius 3 is 2.25 bits per heavy atom. The van der Waals surface area contributed by atoms with Crippen LogP contribution in [-0.2, 0) is 26.5 Å². The molecule has 242 valence electrons. The lowest BCUT2D eigenvalue weighted by molar-refractivity contribution is -0.170. The first-order chi connectivity index (χ1) is 20.8. The number of carbonyl (C=O) groups is 3. The maximum absolute atomic E-state index is 11.7. The van der Waals surface area contributed by atoms with Crippen LogP contribution in [0.3, 0.4) is 0 Å². The van der Waals surface area contributed by atoms with Crippen LogP contribution in [0.1, 0.15) is 43.7 Å². The smallest absolute Gasteiger partial charge is 0.336 e. The molecule has 2 heterocycles. The van der Waals surface area contributed by atoms with E-state index in [2.05, 4.69) is 20.9 Å². The molecule has 0 spiro atoms. The Morgan fingerprint density at radius 2 is 1.70 bits per heavy atom. The molecular weight excluding hydrogens is 582 g/mol. The molecular formula is C29H39N3O12. The van der Waals surface area contributed by atoms with E-state index in [0.717, 1.165) is 43.1 Å². The molecule has 0 radical (unpaired) electrons. The minimum atomic E-state index is -2.74. The van der Waals surface area contributed by atoms with Gasteiger partial charge in [0, 0.05) is 31.7 Å². The maximum atomic E-state index is 11.7. The van der Waals surface area contributed by atoms with Crippen molar-refractivity contribution in [1.82, 2.24) is 14.9 Å². The molecule has 1 saturated heterocycles. The third-order valence-electron chi connectivity index (χ3n) is 7.82. The lowest BCUT2D eigenvalue weighted by atomic mass is 9.83. The highest BCUT2D eigenvalue weighted by Crippen LogP contribution is 2.52. The molecule has 1 aromatic heterocycles. The third kappa shape index (κ3) is 7.84. The van der Waals surface area contributed by atoms with Gasteiger partial charge >= 0.3 is 23.9 Å². The molecule has 2 aromatic rings. The number of aliphatic hydroxyl groups is 2. The van der Waals surface area contributed by atoms with Crippen LogP contribution in [0.15, 0.2) is 24.4 Å². The number of methoxy groups -OCH3 is 3. The number of carboxylic acids is 3. The maximum Gasteiger partial charge on any atom is 0.336 e. The summed E-state index contributed by atoms with van der Waals surface area (Å²) < 4.78 is 21.7. The van der Waals surface area contributed by atoms with Crippen molar-refractivity contribution in [3.05, 3.63) is 35.5 Å². The highest BCUT2D eigenvalue weighted by Gasteiger charge is 2.54. The minimum absolute atomic E-state index is 0.100. The molecule has 0 amide bonds. The molecule has 1 saturated carbocycles. The molecule has 44 heavy (non-hydrogen) atoms. The standard InChI is InChI=1S/C23H31N3O5.C6H8O7/c1-5-31-20-10-15(6-7-19(20)28-2)12-26-13-16-8-9-23(27,18(16)14-26)17-11-24-22(30-4)25-21(17)29-3;7-3(8)1-6(13,5(11)12)2-4(9)10/h6-7,10-11,16,18,27H,5,8-9,12-14H2,1-4H3;13H,1-2H2,(H,7,8)(H,9,10)(H,11,12)/t16-,18+,23+;/m0./s1. The first-order valence-corrected chi connectivity index (χ1v) is 13.9. The van der Waals surface area contributed by atoms with Crippen LogP contribution in [0.25, 0.3) is 0 Å². The van der Waals surface area contributed by atoms with Gasteiger partial charge in [0.05, 0.1) is 46.3 Å². The number of hydrogen-bond acceptors (Lipinski definition) is 12. The van der Waals surface area contributed by atoms with Crippen LogP contribution in [0.2, 0.25) is 0 Å². The molecule has 2 aliphatic rings. The van der Waals surface area contributed by atoms with E-state index in [0.29, 0.717) is 30.4 Å². The molecule has 15 nitrogen and oxygen atoms in total. The van der Waals surface area contributed by atoms with Crippen LogP contribution in [0, 0.1) is 11.8 Å². The number of benzene rings is 1. The van der Waals surface area contributed by atoms with E-state index < -0.39 is 42.0 Å². The molecule has 15 heteroatoms. The van der Waals surface area contributed by atoms with Crippen molar-refractivity contribution in [3.8, 4) is 23.4 Å². The van der Waals surface area contributed by atoms with E-state index >= 15 is 0 Å². The van der Waals surface area contributed by atoms with Gasteiger partial charge in [-0.05, 0) is 43.4 Å². The van der Waals surface area contributed by atoms with Crippen molar-refractivity contribution in [3.63, 3.8) is 0 Å². The number of carboxylic acid groups (broad SMARTS) is 3. The third-order valence-corrected chi connectivity index (χ3v) is 7.82. The Balaban J connectivity index is 0.000000345. The van der Waals surface area contributed by atoms with E-state index in [9.17, 15) is 19.5 Å². The summed E-state index contributed by atoms with van der Waals surface area (Å²) in [5.74, 6) is -2.62. The van der Waals surface area contributed by atoms with Gasteiger partial charge in [-0.15, -0.1) is 0 Å². The van der Waals surface area contributed by atoms with Gasteiger partial charge in [-0.25, -0.2) is 9.78 Å². The summed E-state index contributed by atoms with van der Waals surface area (Å²) in [6, 6.07) is 6.30. The highest BCUT2D eigenvalue weighted by atomic mass is 16.5. The molecule has 4 rings (SSSR count). The Bertz CT molecular complexity index is 1320. The topological polar surface area (TPSA) is 218 Å². The largest absolute Gasteiger partial charge is 0.493 e.